The van der Waals surface area contributed by atoms with Gasteiger partial charge in [0.1, 0.15) is 11.5 Å². The molecule has 1 heterocycles. The first-order chi connectivity index (χ1) is 10.7. The molecule has 0 aromatic heterocycles. The fourth-order valence-corrected chi connectivity index (χ4v) is 3.60. The Morgan fingerprint density at radius 2 is 1.95 bits per heavy atom. The summed E-state index contributed by atoms with van der Waals surface area (Å²) < 4.78 is 10.7. The quantitative estimate of drug-likeness (QED) is 0.898. The Hall–Kier alpha value is -1.75. The van der Waals surface area contributed by atoms with Gasteiger partial charge in [-0.25, -0.2) is 0 Å². The number of hydrogen-bond donors (Lipinski definition) is 1. The van der Waals surface area contributed by atoms with Gasteiger partial charge in [-0.1, -0.05) is 0 Å². The molecule has 1 aliphatic carbocycles. The molecule has 120 valence electrons. The van der Waals surface area contributed by atoms with E-state index in [1.807, 2.05) is 29.2 Å². The highest BCUT2D eigenvalue weighted by atomic mass is 16.5. The number of benzene rings is 1. The molecule has 3 unspecified atom stereocenters. The van der Waals surface area contributed by atoms with Crippen molar-refractivity contribution in [2.24, 2.45) is 17.6 Å². The van der Waals surface area contributed by atoms with E-state index in [0.717, 1.165) is 37.4 Å². The fourth-order valence-electron chi connectivity index (χ4n) is 3.60. The molecule has 5 nitrogen and oxygen atoms in total. The predicted molar refractivity (Wildman–Crippen MR) is 83.9 cm³/mol. The van der Waals surface area contributed by atoms with Crippen LogP contribution >= 0.6 is 0 Å². The highest BCUT2D eigenvalue weighted by molar-refractivity contribution is 5.76. The predicted octanol–water partition coefficient (Wildman–Crippen LogP) is 1.66. The first-order valence-electron chi connectivity index (χ1n) is 7.97. The van der Waals surface area contributed by atoms with Gasteiger partial charge in [-0.3, -0.25) is 4.79 Å². The molecule has 1 aromatic carbocycles. The number of amides is 1. The summed E-state index contributed by atoms with van der Waals surface area (Å²) >= 11 is 0. The average Bonchev–Trinajstić information content (AvgIpc) is 3.10. The first kappa shape index (κ1) is 15.2. The molecule has 5 heteroatoms. The largest absolute Gasteiger partial charge is 0.497 e. The van der Waals surface area contributed by atoms with Crippen LogP contribution in [0.3, 0.4) is 0 Å². The van der Waals surface area contributed by atoms with Crippen LogP contribution in [0.25, 0.3) is 0 Å². The number of ether oxygens (including phenoxy) is 2. The molecule has 3 rings (SSSR count). The number of methoxy groups -OCH3 is 1. The van der Waals surface area contributed by atoms with E-state index < -0.39 is 0 Å². The van der Waals surface area contributed by atoms with E-state index in [1.54, 1.807) is 7.11 Å². The molecule has 2 N–H and O–H groups in total. The summed E-state index contributed by atoms with van der Waals surface area (Å²) in [5.41, 5.74) is 6.11. The third kappa shape index (κ3) is 3.19. The van der Waals surface area contributed by atoms with E-state index in [4.69, 9.17) is 15.2 Å². The summed E-state index contributed by atoms with van der Waals surface area (Å²) in [6.07, 6.45) is 2.69. The van der Waals surface area contributed by atoms with Crippen molar-refractivity contribution in [3.8, 4) is 11.5 Å². The molecule has 1 amide bonds. The Morgan fingerprint density at radius 3 is 2.64 bits per heavy atom. The maximum absolute atomic E-state index is 12.3. The maximum atomic E-state index is 12.3. The van der Waals surface area contributed by atoms with Gasteiger partial charge in [0.15, 0.2) is 0 Å². The number of fused-ring (bicyclic) bond motifs is 1. The van der Waals surface area contributed by atoms with Crippen molar-refractivity contribution in [2.75, 3.05) is 26.8 Å². The summed E-state index contributed by atoms with van der Waals surface area (Å²) in [7, 11) is 1.63. The van der Waals surface area contributed by atoms with E-state index in [1.165, 1.54) is 0 Å². The van der Waals surface area contributed by atoms with Crippen LogP contribution in [0.15, 0.2) is 24.3 Å². The zero-order valence-corrected chi connectivity index (χ0v) is 13.0. The second-order valence-corrected chi connectivity index (χ2v) is 6.24. The fraction of sp³-hybridized carbons (Fsp3) is 0.588. The lowest BCUT2D eigenvalue weighted by Crippen LogP contribution is -2.34. The third-order valence-electron chi connectivity index (χ3n) is 4.91. The molecule has 3 atom stereocenters. The molecule has 2 fully saturated rings. The molecular weight excluding hydrogens is 280 g/mol. The van der Waals surface area contributed by atoms with E-state index in [9.17, 15) is 4.79 Å². The highest BCUT2D eigenvalue weighted by Crippen LogP contribution is 2.37. The number of carbonyl (C=O) groups excluding carboxylic acids is 1. The van der Waals surface area contributed by atoms with E-state index >= 15 is 0 Å². The van der Waals surface area contributed by atoms with Crippen LogP contribution in [0, 0.1) is 11.8 Å². The monoisotopic (exact) mass is 304 g/mol. The Morgan fingerprint density at radius 1 is 1.23 bits per heavy atom. The minimum Gasteiger partial charge on any atom is -0.497 e. The number of nitrogens with zero attached hydrogens (tertiary/aromatic N) is 1. The second-order valence-electron chi connectivity index (χ2n) is 6.24. The van der Waals surface area contributed by atoms with Gasteiger partial charge in [0, 0.05) is 19.1 Å². The molecule has 0 bridgehead atoms. The summed E-state index contributed by atoms with van der Waals surface area (Å²) in [4.78, 5) is 14.2. The van der Waals surface area contributed by atoms with Crippen molar-refractivity contribution in [3.05, 3.63) is 24.3 Å². The summed E-state index contributed by atoms with van der Waals surface area (Å²) in [5.74, 6) is 2.85. The zero-order valence-electron chi connectivity index (χ0n) is 13.0. The summed E-state index contributed by atoms with van der Waals surface area (Å²) in [6, 6.07) is 7.67. The van der Waals surface area contributed by atoms with Gasteiger partial charge < -0.3 is 20.1 Å². The average molecular weight is 304 g/mol. The highest BCUT2D eigenvalue weighted by Gasteiger charge is 2.42. The van der Waals surface area contributed by atoms with E-state index in [-0.39, 0.29) is 11.9 Å². The van der Waals surface area contributed by atoms with Gasteiger partial charge in [0.05, 0.1) is 20.1 Å². The molecule has 22 heavy (non-hydrogen) atoms. The van der Waals surface area contributed by atoms with Crippen LogP contribution in [-0.4, -0.2) is 43.7 Å². The topological polar surface area (TPSA) is 64.8 Å². The normalized spacial score (nSPS) is 26.8. The molecular formula is C17H24N2O3. The maximum Gasteiger partial charge on any atom is 0.226 e. The standard InChI is InChI=1S/C17H24N2O3/c1-21-13-3-5-14(6-4-13)22-9-8-17(20)19-10-12-2-7-16(18)15(12)11-19/h3-6,12,15-16H,2,7-11,18H2,1H3. The van der Waals surface area contributed by atoms with Gasteiger partial charge >= 0.3 is 0 Å². The number of rotatable bonds is 5. The third-order valence-corrected chi connectivity index (χ3v) is 4.91. The van der Waals surface area contributed by atoms with Crippen LogP contribution in [0.4, 0.5) is 0 Å². The first-order valence-corrected chi connectivity index (χ1v) is 7.97. The number of nitrogens with two attached hydrogens (primary N) is 1. The van der Waals surface area contributed by atoms with Gasteiger partial charge in [0.2, 0.25) is 5.91 Å². The van der Waals surface area contributed by atoms with Gasteiger partial charge in [-0.05, 0) is 48.9 Å². The minimum atomic E-state index is 0.176. The van der Waals surface area contributed by atoms with Crippen molar-refractivity contribution in [3.63, 3.8) is 0 Å². The zero-order chi connectivity index (χ0) is 15.5. The number of carbonyl (C=O) groups is 1. The van der Waals surface area contributed by atoms with Crippen LogP contribution in [0.5, 0.6) is 11.5 Å². The van der Waals surface area contributed by atoms with Crippen LogP contribution in [-0.2, 0) is 4.79 Å². The Kier molecular flexibility index (Phi) is 4.52. The Balaban J connectivity index is 1.43. The number of likely N-dealkylation sites (tertiary alicyclic amines) is 1. The van der Waals surface area contributed by atoms with Crippen LogP contribution < -0.4 is 15.2 Å². The van der Waals surface area contributed by atoms with E-state index in [0.29, 0.717) is 24.9 Å². The van der Waals surface area contributed by atoms with Crippen molar-refractivity contribution in [1.82, 2.24) is 4.90 Å². The van der Waals surface area contributed by atoms with Gasteiger partial charge in [-0.15, -0.1) is 0 Å². The van der Waals surface area contributed by atoms with E-state index in [2.05, 4.69) is 0 Å². The van der Waals surface area contributed by atoms with Crippen molar-refractivity contribution < 1.29 is 14.3 Å². The Labute approximate surface area is 131 Å². The molecule has 2 aliphatic rings. The molecule has 1 saturated heterocycles. The molecule has 0 spiro atoms. The molecule has 1 aromatic rings. The minimum absolute atomic E-state index is 0.176. The smallest absolute Gasteiger partial charge is 0.226 e. The van der Waals surface area contributed by atoms with Gasteiger partial charge in [0.25, 0.3) is 0 Å². The van der Waals surface area contributed by atoms with Crippen LogP contribution in [0.1, 0.15) is 19.3 Å². The van der Waals surface area contributed by atoms with Crippen molar-refractivity contribution >= 4 is 5.91 Å². The summed E-state index contributed by atoms with van der Waals surface area (Å²) in [5, 5.41) is 0. The molecule has 1 aliphatic heterocycles. The molecule has 1 saturated carbocycles. The van der Waals surface area contributed by atoms with Crippen molar-refractivity contribution in [2.45, 2.75) is 25.3 Å². The molecule has 0 radical (unpaired) electrons. The SMILES string of the molecule is COc1ccc(OCCC(=O)N2CC3CCC(N)C3C2)cc1. The lowest BCUT2D eigenvalue weighted by Gasteiger charge is -2.19. The second kappa shape index (κ2) is 6.57. The lowest BCUT2D eigenvalue weighted by molar-refractivity contribution is -0.131. The van der Waals surface area contributed by atoms with Gasteiger partial charge in [-0.2, -0.15) is 0 Å². The Bertz CT molecular complexity index is 517. The van der Waals surface area contributed by atoms with Crippen molar-refractivity contribution in [1.29, 1.82) is 0 Å². The van der Waals surface area contributed by atoms with Crippen LogP contribution in [0.2, 0.25) is 0 Å². The lowest BCUT2D eigenvalue weighted by atomic mass is 9.98. The summed E-state index contributed by atoms with van der Waals surface area (Å²) in [6.45, 7) is 2.11. The number of hydrogen-bond acceptors (Lipinski definition) is 4.